The van der Waals surface area contributed by atoms with Gasteiger partial charge in [0.05, 0.1) is 0 Å². The van der Waals surface area contributed by atoms with Crippen molar-refractivity contribution in [1.29, 1.82) is 0 Å². The normalized spacial score (nSPS) is 32.5. The smallest absolute Gasteiger partial charge is 0.213 e. The minimum atomic E-state index is -0.312. The molecule has 0 heterocycles. The van der Waals surface area contributed by atoms with Gasteiger partial charge in [-0.3, -0.25) is 10.1 Å². The molecular formula is C6H12N2O2. The first-order valence-corrected chi connectivity index (χ1v) is 3.57. The van der Waals surface area contributed by atoms with E-state index in [1.54, 1.807) is 0 Å². The Bertz CT molecular complexity index is 138. The number of nitrogens with zero attached hydrogens (tertiary/aromatic N) is 1. The zero-order chi connectivity index (χ0) is 7.56. The first-order chi connectivity index (χ1) is 4.74. The summed E-state index contributed by atoms with van der Waals surface area (Å²) in [4.78, 5) is 10.0. The van der Waals surface area contributed by atoms with Crippen LogP contribution in [0.2, 0.25) is 0 Å². The van der Waals surface area contributed by atoms with Crippen LogP contribution in [0.25, 0.3) is 0 Å². The van der Waals surface area contributed by atoms with E-state index >= 15 is 0 Å². The Morgan fingerprint density at radius 1 is 1.60 bits per heavy atom. The molecule has 1 fully saturated rings. The van der Waals surface area contributed by atoms with Gasteiger partial charge in [0, 0.05) is 17.8 Å². The summed E-state index contributed by atoms with van der Waals surface area (Å²) in [7, 11) is 0. The average Bonchev–Trinajstić information content (AvgIpc) is 2.34. The molecule has 4 nitrogen and oxygen atoms in total. The van der Waals surface area contributed by atoms with Crippen LogP contribution >= 0.6 is 0 Å². The van der Waals surface area contributed by atoms with E-state index in [4.69, 9.17) is 5.73 Å². The van der Waals surface area contributed by atoms with Gasteiger partial charge in [-0.25, -0.2) is 0 Å². The molecule has 2 unspecified atom stereocenters. The fourth-order valence-corrected chi connectivity index (χ4v) is 1.45. The highest BCUT2D eigenvalue weighted by Gasteiger charge is 2.31. The van der Waals surface area contributed by atoms with E-state index in [1.807, 2.05) is 0 Å². The quantitative estimate of drug-likeness (QED) is 0.450. The molecule has 0 saturated heterocycles. The van der Waals surface area contributed by atoms with E-state index in [0.29, 0.717) is 18.9 Å². The number of nitrogens with two attached hydrogens (primary N) is 1. The van der Waals surface area contributed by atoms with Crippen molar-refractivity contribution in [2.24, 2.45) is 11.7 Å². The molecule has 0 aromatic carbocycles. The van der Waals surface area contributed by atoms with Gasteiger partial charge >= 0.3 is 0 Å². The van der Waals surface area contributed by atoms with E-state index in [9.17, 15) is 10.1 Å². The van der Waals surface area contributed by atoms with E-state index in [1.165, 1.54) is 0 Å². The topological polar surface area (TPSA) is 69.2 Å². The summed E-state index contributed by atoms with van der Waals surface area (Å²) in [5.74, 6) is 0.399. The maximum Gasteiger partial charge on any atom is 0.213 e. The van der Waals surface area contributed by atoms with Gasteiger partial charge < -0.3 is 5.73 Å². The second-order valence-electron chi connectivity index (χ2n) is 2.85. The van der Waals surface area contributed by atoms with Gasteiger partial charge in [-0.05, 0) is 18.9 Å². The van der Waals surface area contributed by atoms with Gasteiger partial charge in [-0.2, -0.15) is 0 Å². The molecule has 2 N–H and O–H groups in total. The predicted molar refractivity (Wildman–Crippen MR) is 37.2 cm³/mol. The maximum absolute atomic E-state index is 10.2. The van der Waals surface area contributed by atoms with Crippen LogP contribution in [0.1, 0.15) is 19.3 Å². The van der Waals surface area contributed by atoms with E-state index in [2.05, 4.69) is 0 Å². The van der Waals surface area contributed by atoms with Crippen LogP contribution in [0.3, 0.4) is 0 Å². The van der Waals surface area contributed by atoms with Crippen LogP contribution < -0.4 is 5.73 Å². The molecule has 0 aromatic rings. The van der Waals surface area contributed by atoms with Gasteiger partial charge in [-0.15, -0.1) is 0 Å². The second kappa shape index (κ2) is 2.96. The molecule has 10 heavy (non-hydrogen) atoms. The highest BCUT2D eigenvalue weighted by atomic mass is 16.6. The van der Waals surface area contributed by atoms with Crippen LogP contribution in [0, 0.1) is 16.0 Å². The lowest BCUT2D eigenvalue weighted by molar-refractivity contribution is -0.520. The molecule has 0 amide bonds. The maximum atomic E-state index is 10.2. The molecule has 1 aliphatic rings. The third-order valence-corrected chi connectivity index (χ3v) is 2.15. The van der Waals surface area contributed by atoms with Gasteiger partial charge in [0.1, 0.15) is 0 Å². The minimum absolute atomic E-state index is 0.185. The molecule has 0 aromatic heterocycles. The Morgan fingerprint density at radius 3 is 2.60 bits per heavy atom. The third kappa shape index (κ3) is 1.44. The molecule has 0 spiro atoms. The number of rotatable bonds is 2. The van der Waals surface area contributed by atoms with Crippen molar-refractivity contribution in [3.05, 3.63) is 10.1 Å². The molecule has 1 aliphatic carbocycles. The van der Waals surface area contributed by atoms with E-state index in [0.717, 1.165) is 12.8 Å². The van der Waals surface area contributed by atoms with Crippen LogP contribution in [0.5, 0.6) is 0 Å². The Balaban J connectivity index is 2.35. The fourth-order valence-electron chi connectivity index (χ4n) is 1.45. The summed E-state index contributed by atoms with van der Waals surface area (Å²) >= 11 is 0. The van der Waals surface area contributed by atoms with Gasteiger partial charge in [-0.1, -0.05) is 0 Å². The van der Waals surface area contributed by atoms with Gasteiger partial charge in [0.25, 0.3) is 0 Å². The highest BCUT2D eigenvalue weighted by molar-refractivity contribution is 4.75. The zero-order valence-electron chi connectivity index (χ0n) is 5.82. The summed E-state index contributed by atoms with van der Waals surface area (Å²) in [5.41, 5.74) is 5.37. The SMILES string of the molecule is NCC1CCC([N+](=O)[O-])C1. The lowest BCUT2D eigenvalue weighted by Gasteiger charge is -2.01. The zero-order valence-corrected chi connectivity index (χ0v) is 5.82. The summed E-state index contributed by atoms with van der Waals surface area (Å²) in [6, 6.07) is -0.312. The van der Waals surface area contributed by atoms with Crippen molar-refractivity contribution in [2.75, 3.05) is 6.54 Å². The lowest BCUT2D eigenvalue weighted by Crippen LogP contribution is -2.17. The van der Waals surface area contributed by atoms with Crippen molar-refractivity contribution >= 4 is 0 Å². The van der Waals surface area contributed by atoms with Crippen molar-refractivity contribution in [3.8, 4) is 0 Å². The minimum Gasteiger partial charge on any atom is -0.330 e. The molecule has 0 radical (unpaired) electrons. The van der Waals surface area contributed by atoms with Crippen molar-refractivity contribution in [3.63, 3.8) is 0 Å². The molecule has 58 valence electrons. The Hall–Kier alpha value is -0.640. The van der Waals surface area contributed by atoms with Crippen LogP contribution in [-0.2, 0) is 0 Å². The van der Waals surface area contributed by atoms with Crippen LogP contribution in [-0.4, -0.2) is 17.5 Å². The molecule has 1 saturated carbocycles. The molecular weight excluding hydrogens is 132 g/mol. The summed E-state index contributed by atoms with van der Waals surface area (Å²) in [6.07, 6.45) is 2.33. The first-order valence-electron chi connectivity index (χ1n) is 3.57. The predicted octanol–water partition coefficient (Wildman–Crippen LogP) is 0.391. The number of hydrogen-bond acceptors (Lipinski definition) is 3. The Kier molecular flexibility index (Phi) is 2.21. The van der Waals surface area contributed by atoms with Crippen LogP contribution in [0.4, 0.5) is 0 Å². The van der Waals surface area contributed by atoms with Crippen molar-refractivity contribution in [1.82, 2.24) is 0 Å². The molecule has 0 bridgehead atoms. The Labute approximate surface area is 59.6 Å². The lowest BCUT2D eigenvalue weighted by atomic mass is 10.1. The van der Waals surface area contributed by atoms with Crippen LogP contribution in [0.15, 0.2) is 0 Å². The summed E-state index contributed by atoms with van der Waals surface area (Å²) < 4.78 is 0. The first kappa shape index (κ1) is 7.47. The van der Waals surface area contributed by atoms with Crippen molar-refractivity contribution < 1.29 is 4.92 Å². The van der Waals surface area contributed by atoms with E-state index in [-0.39, 0.29) is 11.0 Å². The number of nitro groups is 1. The average molecular weight is 144 g/mol. The largest absolute Gasteiger partial charge is 0.330 e. The highest BCUT2D eigenvalue weighted by Crippen LogP contribution is 2.25. The molecule has 0 aliphatic heterocycles. The molecule has 4 heteroatoms. The van der Waals surface area contributed by atoms with Crippen molar-refractivity contribution in [2.45, 2.75) is 25.3 Å². The molecule has 2 atom stereocenters. The third-order valence-electron chi connectivity index (χ3n) is 2.15. The second-order valence-corrected chi connectivity index (χ2v) is 2.85. The van der Waals surface area contributed by atoms with Gasteiger partial charge in [0.2, 0.25) is 6.04 Å². The standard InChI is InChI=1S/C6H12N2O2/c7-4-5-1-2-6(3-5)8(9)10/h5-6H,1-4,7H2. The Morgan fingerprint density at radius 2 is 2.30 bits per heavy atom. The summed E-state index contributed by atoms with van der Waals surface area (Å²) in [6.45, 7) is 0.602. The number of hydrogen-bond donors (Lipinski definition) is 1. The fraction of sp³-hybridized carbons (Fsp3) is 1.00. The van der Waals surface area contributed by atoms with Gasteiger partial charge in [0.15, 0.2) is 0 Å². The molecule has 1 rings (SSSR count). The van der Waals surface area contributed by atoms with E-state index < -0.39 is 0 Å². The summed E-state index contributed by atoms with van der Waals surface area (Å²) in [5, 5.41) is 10.2. The monoisotopic (exact) mass is 144 g/mol.